The van der Waals surface area contributed by atoms with Gasteiger partial charge in [-0.15, -0.1) is 0 Å². The van der Waals surface area contributed by atoms with Gasteiger partial charge in [0.15, 0.2) is 0 Å². The molecule has 28 heavy (non-hydrogen) atoms. The summed E-state index contributed by atoms with van der Waals surface area (Å²) < 4.78 is 41.3. The Morgan fingerprint density at radius 3 is 2.43 bits per heavy atom. The summed E-state index contributed by atoms with van der Waals surface area (Å²) in [5.41, 5.74) is -0.00756. The predicted molar refractivity (Wildman–Crippen MR) is 108 cm³/mol. The number of hydrogen-bond acceptors (Lipinski definition) is 3. The Kier molecular flexibility index (Phi) is 6.29. The molecule has 1 amide bonds. The molecule has 5 nitrogen and oxygen atoms in total. The Morgan fingerprint density at radius 2 is 1.82 bits per heavy atom. The quantitative estimate of drug-likeness (QED) is 0.735. The number of hydrogen-bond donors (Lipinski definition) is 1. The zero-order valence-electron chi connectivity index (χ0n) is 15.1. The highest BCUT2D eigenvalue weighted by Gasteiger charge is 2.28. The highest BCUT2D eigenvalue weighted by molar-refractivity contribution is 7.89. The number of amides is 1. The Hall–Kier alpha value is -1.67. The van der Waals surface area contributed by atoms with Crippen LogP contribution in [-0.4, -0.2) is 31.7 Å². The first-order valence-corrected chi connectivity index (χ1v) is 10.9. The van der Waals surface area contributed by atoms with Crippen LogP contribution in [0.2, 0.25) is 10.0 Å². The Morgan fingerprint density at radius 1 is 1.14 bits per heavy atom. The molecule has 1 heterocycles. The average molecular weight is 445 g/mol. The highest BCUT2D eigenvalue weighted by Crippen LogP contribution is 2.27. The maximum atomic E-state index is 14.5. The fourth-order valence-corrected chi connectivity index (χ4v) is 4.97. The Labute approximate surface area is 173 Å². The van der Waals surface area contributed by atoms with E-state index in [0.717, 1.165) is 18.9 Å². The molecule has 1 aliphatic rings. The number of piperidine rings is 1. The third-order valence-electron chi connectivity index (χ3n) is 4.74. The van der Waals surface area contributed by atoms with E-state index in [1.807, 2.05) is 0 Å². The Bertz CT molecular complexity index is 1010. The minimum Gasteiger partial charge on any atom is -0.319 e. The zero-order chi connectivity index (χ0) is 20.5. The van der Waals surface area contributed by atoms with Crippen molar-refractivity contribution in [3.05, 3.63) is 57.8 Å². The number of benzene rings is 2. The van der Waals surface area contributed by atoms with Crippen LogP contribution in [0.4, 0.5) is 10.1 Å². The number of carbonyl (C=O) groups excluding carboxylic acids is 1. The third kappa shape index (κ3) is 4.49. The SMILES string of the molecule is CC1CCN(S(=O)(=O)c2ccc(NC(=O)c3ccc(Cl)cc3Cl)c(F)c2)CC1. The number of sulfonamides is 1. The van der Waals surface area contributed by atoms with Crippen LogP contribution in [0.5, 0.6) is 0 Å². The van der Waals surface area contributed by atoms with Crippen molar-refractivity contribution in [2.24, 2.45) is 5.92 Å². The molecule has 0 saturated carbocycles. The summed E-state index contributed by atoms with van der Waals surface area (Å²) in [5, 5.41) is 2.90. The predicted octanol–water partition coefficient (Wildman–Crippen LogP) is 4.81. The van der Waals surface area contributed by atoms with Crippen LogP contribution in [0.1, 0.15) is 30.1 Å². The first-order valence-electron chi connectivity index (χ1n) is 8.74. The van der Waals surface area contributed by atoms with E-state index in [0.29, 0.717) is 24.0 Å². The van der Waals surface area contributed by atoms with Crippen molar-refractivity contribution < 1.29 is 17.6 Å². The number of nitrogens with zero attached hydrogens (tertiary/aromatic N) is 1. The van der Waals surface area contributed by atoms with Gasteiger partial charge in [-0.1, -0.05) is 30.1 Å². The molecule has 2 aromatic carbocycles. The van der Waals surface area contributed by atoms with Crippen molar-refractivity contribution >= 4 is 44.8 Å². The lowest BCUT2D eigenvalue weighted by Gasteiger charge is -2.29. The molecule has 150 valence electrons. The molecule has 1 N–H and O–H groups in total. The van der Waals surface area contributed by atoms with Crippen molar-refractivity contribution in [2.45, 2.75) is 24.7 Å². The molecule has 0 unspecified atom stereocenters. The smallest absolute Gasteiger partial charge is 0.257 e. The van der Waals surface area contributed by atoms with Crippen LogP contribution >= 0.6 is 23.2 Å². The lowest BCUT2D eigenvalue weighted by Crippen LogP contribution is -2.37. The van der Waals surface area contributed by atoms with Gasteiger partial charge in [-0.05, 0) is 55.2 Å². The van der Waals surface area contributed by atoms with Gasteiger partial charge in [0.25, 0.3) is 5.91 Å². The number of nitrogens with one attached hydrogen (secondary N) is 1. The van der Waals surface area contributed by atoms with Crippen molar-refractivity contribution in [1.29, 1.82) is 0 Å². The summed E-state index contributed by atoms with van der Waals surface area (Å²) in [4.78, 5) is 12.2. The molecular formula is C19H19Cl2FN2O3S. The third-order valence-corrected chi connectivity index (χ3v) is 7.19. The molecule has 0 atom stereocenters. The summed E-state index contributed by atoms with van der Waals surface area (Å²) in [6, 6.07) is 7.77. The molecule has 3 rings (SSSR count). The van der Waals surface area contributed by atoms with Gasteiger partial charge < -0.3 is 5.32 Å². The fourth-order valence-electron chi connectivity index (χ4n) is 3.00. The maximum absolute atomic E-state index is 14.5. The van der Waals surface area contributed by atoms with E-state index < -0.39 is 21.7 Å². The standard InChI is InChI=1S/C19H19Cl2FN2O3S/c1-12-6-8-24(9-7-12)28(26,27)14-3-5-18(17(22)11-14)23-19(25)15-4-2-13(20)10-16(15)21/h2-5,10-12H,6-9H2,1H3,(H,23,25). The van der Waals surface area contributed by atoms with Crippen LogP contribution in [0.25, 0.3) is 0 Å². The second-order valence-corrected chi connectivity index (χ2v) is 9.59. The van der Waals surface area contributed by atoms with Gasteiger partial charge in [0.05, 0.1) is 21.2 Å². The molecule has 0 spiro atoms. The monoisotopic (exact) mass is 444 g/mol. The highest BCUT2D eigenvalue weighted by atomic mass is 35.5. The summed E-state index contributed by atoms with van der Waals surface area (Å²) in [5.74, 6) is -0.994. The molecule has 1 fully saturated rings. The molecule has 0 aliphatic carbocycles. The molecule has 0 bridgehead atoms. The molecule has 1 aliphatic heterocycles. The van der Waals surface area contributed by atoms with E-state index in [9.17, 15) is 17.6 Å². The van der Waals surface area contributed by atoms with Crippen molar-refractivity contribution in [3.63, 3.8) is 0 Å². The van der Waals surface area contributed by atoms with E-state index >= 15 is 0 Å². The summed E-state index contributed by atoms with van der Waals surface area (Å²) in [6.07, 6.45) is 1.55. The second kappa shape index (κ2) is 8.37. The number of carbonyl (C=O) groups is 1. The first kappa shape index (κ1) is 21.0. The van der Waals surface area contributed by atoms with Gasteiger partial charge in [0.2, 0.25) is 10.0 Å². The average Bonchev–Trinajstić information content (AvgIpc) is 2.63. The van der Waals surface area contributed by atoms with Crippen molar-refractivity contribution in [2.75, 3.05) is 18.4 Å². The lowest BCUT2D eigenvalue weighted by molar-refractivity contribution is 0.102. The molecule has 0 aromatic heterocycles. The Balaban J connectivity index is 1.79. The van der Waals surface area contributed by atoms with Crippen molar-refractivity contribution in [1.82, 2.24) is 4.31 Å². The number of halogens is 3. The van der Waals surface area contributed by atoms with Gasteiger partial charge in [-0.3, -0.25) is 4.79 Å². The van der Waals surface area contributed by atoms with Gasteiger partial charge in [0, 0.05) is 18.1 Å². The van der Waals surface area contributed by atoms with Gasteiger partial charge in [-0.2, -0.15) is 4.31 Å². The minimum atomic E-state index is -3.77. The van der Waals surface area contributed by atoms with E-state index in [4.69, 9.17) is 23.2 Å². The molecule has 0 radical (unpaired) electrons. The molecular weight excluding hydrogens is 426 g/mol. The minimum absolute atomic E-state index is 0.129. The normalized spacial score (nSPS) is 16.1. The van der Waals surface area contributed by atoms with Gasteiger partial charge in [0.1, 0.15) is 5.82 Å². The number of rotatable bonds is 4. The van der Waals surface area contributed by atoms with Gasteiger partial charge in [-0.25, -0.2) is 12.8 Å². The largest absolute Gasteiger partial charge is 0.319 e. The summed E-state index contributed by atoms with van der Waals surface area (Å²) in [7, 11) is -3.77. The van der Waals surface area contributed by atoms with Crippen LogP contribution in [0.15, 0.2) is 41.3 Å². The maximum Gasteiger partial charge on any atom is 0.257 e. The molecule has 2 aromatic rings. The van der Waals surface area contributed by atoms with E-state index in [-0.39, 0.29) is 21.2 Å². The molecule has 1 saturated heterocycles. The van der Waals surface area contributed by atoms with E-state index in [1.165, 1.54) is 34.6 Å². The van der Waals surface area contributed by atoms with Crippen LogP contribution < -0.4 is 5.32 Å². The fraction of sp³-hybridized carbons (Fsp3) is 0.316. The zero-order valence-corrected chi connectivity index (χ0v) is 17.4. The van der Waals surface area contributed by atoms with E-state index in [2.05, 4.69) is 12.2 Å². The number of anilines is 1. The summed E-state index contributed by atoms with van der Waals surface area (Å²) in [6.45, 7) is 2.91. The van der Waals surface area contributed by atoms with Crippen molar-refractivity contribution in [3.8, 4) is 0 Å². The first-order chi connectivity index (χ1) is 13.2. The second-order valence-electron chi connectivity index (χ2n) is 6.81. The van der Waals surface area contributed by atoms with Crippen LogP contribution in [-0.2, 0) is 10.0 Å². The topological polar surface area (TPSA) is 66.5 Å². The lowest BCUT2D eigenvalue weighted by atomic mass is 10.0. The van der Waals surface area contributed by atoms with Crippen LogP contribution in [0, 0.1) is 11.7 Å². The van der Waals surface area contributed by atoms with E-state index in [1.54, 1.807) is 0 Å². The van der Waals surface area contributed by atoms with Gasteiger partial charge >= 0.3 is 0 Å². The molecule has 9 heteroatoms. The van der Waals surface area contributed by atoms with Crippen LogP contribution in [0.3, 0.4) is 0 Å². The summed E-state index contributed by atoms with van der Waals surface area (Å²) >= 11 is 11.8.